The quantitative estimate of drug-likeness (QED) is 0.479. The molecular weight excluding hydrogens is 405 g/mol. The van der Waals surface area contributed by atoms with Crippen molar-refractivity contribution in [1.82, 2.24) is 0 Å². The summed E-state index contributed by atoms with van der Waals surface area (Å²) in [7, 11) is 1.65. The lowest BCUT2D eigenvalue weighted by molar-refractivity contribution is 0.205. The fraction of sp³-hybridized carbons (Fsp3) is 0.174. The van der Waals surface area contributed by atoms with Crippen LogP contribution in [-0.2, 0) is 11.3 Å². The number of carbonyl (C=O) groups is 1. The van der Waals surface area contributed by atoms with Crippen molar-refractivity contribution in [2.45, 2.75) is 6.54 Å². The van der Waals surface area contributed by atoms with E-state index in [9.17, 15) is 9.18 Å². The number of nitrogens with zero attached hydrogens (tertiary/aromatic N) is 1. The van der Waals surface area contributed by atoms with Crippen molar-refractivity contribution in [1.29, 1.82) is 0 Å². The number of halogens is 2. The van der Waals surface area contributed by atoms with E-state index in [1.165, 1.54) is 12.1 Å². The lowest BCUT2D eigenvalue weighted by Gasteiger charge is -2.27. The number of hydrogen-bond acceptors (Lipinski definition) is 3. The second-order valence-corrected chi connectivity index (χ2v) is 7.05. The SMILES string of the molecule is COCCN(Cc1ccc(Cl)cc1)c1ccccc1NC(=O)Nc1ccccc1F. The molecule has 30 heavy (non-hydrogen) atoms. The largest absolute Gasteiger partial charge is 0.383 e. The molecule has 0 bridgehead atoms. The summed E-state index contributed by atoms with van der Waals surface area (Å²) in [6, 6.07) is 20.6. The van der Waals surface area contributed by atoms with Gasteiger partial charge < -0.3 is 20.3 Å². The molecule has 0 spiro atoms. The molecule has 0 heterocycles. The van der Waals surface area contributed by atoms with E-state index >= 15 is 0 Å². The van der Waals surface area contributed by atoms with Crippen LogP contribution < -0.4 is 15.5 Å². The van der Waals surface area contributed by atoms with Gasteiger partial charge in [0.05, 0.1) is 23.7 Å². The van der Waals surface area contributed by atoms with Crippen LogP contribution in [-0.4, -0.2) is 26.3 Å². The predicted molar refractivity (Wildman–Crippen MR) is 120 cm³/mol. The highest BCUT2D eigenvalue weighted by atomic mass is 35.5. The first-order valence-electron chi connectivity index (χ1n) is 9.46. The molecule has 0 aliphatic carbocycles. The van der Waals surface area contributed by atoms with E-state index in [1.54, 1.807) is 25.3 Å². The van der Waals surface area contributed by atoms with Gasteiger partial charge in [0.2, 0.25) is 0 Å². The van der Waals surface area contributed by atoms with Gasteiger partial charge in [0, 0.05) is 25.2 Å². The number of rotatable bonds is 8. The number of nitrogens with one attached hydrogen (secondary N) is 2. The second kappa shape index (κ2) is 10.6. The number of amides is 2. The van der Waals surface area contributed by atoms with E-state index in [-0.39, 0.29) is 5.69 Å². The van der Waals surface area contributed by atoms with Crippen LogP contribution in [0, 0.1) is 5.82 Å². The molecule has 5 nitrogen and oxygen atoms in total. The Balaban J connectivity index is 1.80. The minimum Gasteiger partial charge on any atom is -0.383 e. The molecule has 3 aromatic carbocycles. The molecule has 0 aliphatic rings. The summed E-state index contributed by atoms with van der Waals surface area (Å²) < 4.78 is 19.1. The summed E-state index contributed by atoms with van der Waals surface area (Å²) in [5.41, 5.74) is 2.62. The molecule has 0 aliphatic heterocycles. The van der Waals surface area contributed by atoms with Crippen molar-refractivity contribution in [3.8, 4) is 0 Å². The van der Waals surface area contributed by atoms with Gasteiger partial charge in [-0.1, -0.05) is 48.0 Å². The summed E-state index contributed by atoms with van der Waals surface area (Å²) in [6.07, 6.45) is 0. The fourth-order valence-corrected chi connectivity index (χ4v) is 3.12. The highest BCUT2D eigenvalue weighted by Crippen LogP contribution is 2.28. The zero-order chi connectivity index (χ0) is 21.3. The smallest absolute Gasteiger partial charge is 0.323 e. The third-order valence-electron chi connectivity index (χ3n) is 4.47. The molecule has 0 saturated carbocycles. The Labute approximate surface area is 180 Å². The number of hydrogen-bond donors (Lipinski definition) is 2. The molecule has 0 radical (unpaired) electrons. The van der Waals surface area contributed by atoms with Crippen LogP contribution in [0.2, 0.25) is 5.02 Å². The maximum Gasteiger partial charge on any atom is 0.323 e. The molecule has 7 heteroatoms. The molecule has 2 amide bonds. The Kier molecular flexibility index (Phi) is 7.65. The first-order chi connectivity index (χ1) is 14.6. The number of ether oxygens (including phenoxy) is 1. The van der Waals surface area contributed by atoms with Crippen molar-refractivity contribution in [2.24, 2.45) is 0 Å². The van der Waals surface area contributed by atoms with Crippen molar-refractivity contribution in [3.05, 3.63) is 89.2 Å². The van der Waals surface area contributed by atoms with E-state index in [0.29, 0.717) is 30.4 Å². The molecule has 0 aromatic heterocycles. The maximum atomic E-state index is 13.8. The Morgan fingerprint density at radius 3 is 2.30 bits per heavy atom. The third-order valence-corrected chi connectivity index (χ3v) is 4.72. The molecule has 3 rings (SSSR count). The maximum absolute atomic E-state index is 13.8. The van der Waals surface area contributed by atoms with Gasteiger partial charge in [-0.2, -0.15) is 0 Å². The average Bonchev–Trinajstić information content (AvgIpc) is 2.75. The van der Waals surface area contributed by atoms with Gasteiger partial charge in [0.15, 0.2) is 0 Å². The molecule has 0 fully saturated rings. The number of methoxy groups -OCH3 is 1. The number of para-hydroxylation sites is 3. The van der Waals surface area contributed by atoms with Gasteiger partial charge in [-0.05, 0) is 42.0 Å². The summed E-state index contributed by atoms with van der Waals surface area (Å²) in [4.78, 5) is 14.6. The van der Waals surface area contributed by atoms with Gasteiger partial charge >= 0.3 is 6.03 Å². The van der Waals surface area contributed by atoms with E-state index in [2.05, 4.69) is 15.5 Å². The average molecular weight is 428 g/mol. The third kappa shape index (κ3) is 5.95. The van der Waals surface area contributed by atoms with Gasteiger partial charge in [-0.15, -0.1) is 0 Å². The monoisotopic (exact) mass is 427 g/mol. The Morgan fingerprint density at radius 2 is 1.60 bits per heavy atom. The second-order valence-electron chi connectivity index (χ2n) is 6.62. The molecule has 0 atom stereocenters. The molecule has 0 saturated heterocycles. The first kappa shape index (κ1) is 21.6. The van der Waals surface area contributed by atoms with Gasteiger partial charge in [-0.3, -0.25) is 0 Å². The summed E-state index contributed by atoms with van der Waals surface area (Å²) in [5, 5.41) is 6.03. The minimum absolute atomic E-state index is 0.116. The molecule has 2 N–H and O–H groups in total. The summed E-state index contributed by atoms with van der Waals surface area (Å²) >= 11 is 5.99. The number of anilines is 3. The fourth-order valence-electron chi connectivity index (χ4n) is 2.99. The predicted octanol–water partition coefficient (Wildman–Crippen LogP) is 5.78. The van der Waals surface area contributed by atoms with E-state index in [4.69, 9.17) is 16.3 Å². The first-order valence-corrected chi connectivity index (χ1v) is 9.84. The van der Waals surface area contributed by atoms with Crippen LogP contribution >= 0.6 is 11.6 Å². The van der Waals surface area contributed by atoms with Crippen molar-refractivity contribution in [3.63, 3.8) is 0 Å². The molecule has 156 valence electrons. The van der Waals surface area contributed by atoms with Crippen LogP contribution in [0.1, 0.15) is 5.56 Å². The Morgan fingerprint density at radius 1 is 0.967 bits per heavy atom. The molecule has 3 aromatic rings. The van der Waals surface area contributed by atoms with Crippen molar-refractivity contribution < 1.29 is 13.9 Å². The molecular formula is C23H23ClFN3O2. The highest BCUT2D eigenvalue weighted by Gasteiger charge is 2.14. The van der Waals surface area contributed by atoms with Gasteiger partial charge in [0.1, 0.15) is 5.82 Å². The highest BCUT2D eigenvalue weighted by molar-refractivity contribution is 6.30. The normalized spacial score (nSPS) is 10.5. The summed E-state index contributed by atoms with van der Waals surface area (Å²) in [5.74, 6) is -0.495. The van der Waals surface area contributed by atoms with Crippen molar-refractivity contribution in [2.75, 3.05) is 35.8 Å². The standard InChI is InChI=1S/C23H23ClFN3O2/c1-30-15-14-28(16-17-10-12-18(24)13-11-17)22-9-5-4-8-21(22)27-23(29)26-20-7-3-2-6-19(20)25/h2-13H,14-16H2,1H3,(H2,26,27,29). The Hall–Kier alpha value is -3.09. The van der Waals surface area contributed by atoms with Gasteiger partial charge in [-0.25, -0.2) is 9.18 Å². The topological polar surface area (TPSA) is 53.6 Å². The zero-order valence-electron chi connectivity index (χ0n) is 16.6. The number of benzene rings is 3. The zero-order valence-corrected chi connectivity index (χ0v) is 17.3. The van der Waals surface area contributed by atoms with Crippen molar-refractivity contribution >= 4 is 34.7 Å². The Bertz CT molecular complexity index is 982. The van der Waals surface area contributed by atoms with Gasteiger partial charge in [0.25, 0.3) is 0 Å². The summed E-state index contributed by atoms with van der Waals surface area (Å²) in [6.45, 7) is 1.74. The van der Waals surface area contributed by atoms with Crippen LogP contribution in [0.15, 0.2) is 72.8 Å². The molecule has 0 unspecified atom stereocenters. The van der Waals surface area contributed by atoms with Crippen LogP contribution in [0.3, 0.4) is 0 Å². The lowest BCUT2D eigenvalue weighted by atomic mass is 10.1. The van der Waals surface area contributed by atoms with E-state index < -0.39 is 11.8 Å². The number of carbonyl (C=O) groups excluding carboxylic acids is 1. The van der Waals surface area contributed by atoms with Crippen LogP contribution in [0.25, 0.3) is 0 Å². The van der Waals surface area contributed by atoms with Crippen LogP contribution in [0.4, 0.5) is 26.2 Å². The minimum atomic E-state index is -0.522. The lowest BCUT2D eigenvalue weighted by Crippen LogP contribution is -2.29. The number of urea groups is 1. The van der Waals surface area contributed by atoms with Crippen LogP contribution in [0.5, 0.6) is 0 Å². The van der Waals surface area contributed by atoms with E-state index in [0.717, 1.165) is 11.3 Å². The van der Waals surface area contributed by atoms with E-state index in [1.807, 2.05) is 42.5 Å².